The Morgan fingerprint density at radius 2 is 0.865 bits per heavy atom. The molecule has 0 unspecified atom stereocenters. The number of aryl methyl sites for hydroxylation is 3. The zero-order chi connectivity index (χ0) is 36.6. The molecule has 0 fully saturated rings. The maximum absolute atomic E-state index is 5.78. The predicted octanol–water partition coefficient (Wildman–Crippen LogP) is 14.9. The van der Waals surface area contributed by atoms with Crippen LogP contribution in [-0.4, -0.2) is 4.57 Å². The van der Waals surface area contributed by atoms with Gasteiger partial charge in [-0.2, -0.15) is 0 Å². The Morgan fingerprint density at radius 3 is 1.58 bits per heavy atom. The fourth-order valence-corrected chi connectivity index (χ4v) is 6.67. The van der Waals surface area contributed by atoms with Crippen LogP contribution in [0.1, 0.15) is 44.4 Å². The molecule has 3 nitrogen and oxygen atoms in total. The number of nitrogens with zero attached hydrogens (tertiary/aromatic N) is 1. The maximum atomic E-state index is 5.78. The lowest BCUT2D eigenvalue weighted by Crippen LogP contribution is -1.92. The van der Waals surface area contributed by atoms with Crippen molar-refractivity contribution in [2.75, 3.05) is 0 Å². The summed E-state index contributed by atoms with van der Waals surface area (Å²) in [6.07, 6.45) is 0. The molecule has 0 aliphatic carbocycles. The third-order valence-electron chi connectivity index (χ3n) is 8.98. The van der Waals surface area contributed by atoms with E-state index < -0.39 is 0 Å². The number of para-hydroxylation sites is 5. The number of hydrogen-bond acceptors (Lipinski definition) is 2. The summed E-state index contributed by atoms with van der Waals surface area (Å²) in [5.41, 5.74) is 11.4. The second-order valence-electron chi connectivity index (χ2n) is 12.4. The van der Waals surface area contributed by atoms with Gasteiger partial charge in [-0.15, -0.1) is 0 Å². The molecule has 0 amide bonds. The van der Waals surface area contributed by atoms with Gasteiger partial charge in [-0.25, -0.2) is 0 Å². The average Bonchev–Trinajstić information content (AvgIpc) is 3.87. The Hall–Kier alpha value is -6.06. The minimum Gasteiger partial charge on any atom is -0.456 e. The zero-order valence-electron chi connectivity index (χ0n) is 31.3. The van der Waals surface area contributed by atoms with Crippen LogP contribution in [0, 0.1) is 20.8 Å². The Balaban J connectivity index is 0.000000130. The van der Waals surface area contributed by atoms with Crippen LogP contribution in [0.2, 0.25) is 0 Å². The van der Waals surface area contributed by atoms with Gasteiger partial charge in [-0.1, -0.05) is 142 Å². The van der Waals surface area contributed by atoms with Crippen molar-refractivity contribution in [3.63, 3.8) is 0 Å². The molecule has 7 aromatic carbocycles. The normalized spacial score (nSPS) is 10.6. The molecule has 0 aliphatic rings. The Kier molecular flexibility index (Phi) is 11.2. The second-order valence-corrected chi connectivity index (χ2v) is 12.4. The van der Waals surface area contributed by atoms with Gasteiger partial charge < -0.3 is 13.4 Å². The van der Waals surface area contributed by atoms with Gasteiger partial charge in [0.1, 0.15) is 22.3 Å². The standard InChI is InChI=1S/C19H15N.2C13H10O.2C2H6/c1-14-11-12-19-17(13-14)16-9-5-6-10-18(16)20(19)15-7-3-2-4-8-15;1-9-5-4-7-11-10-6-2-3-8-12(10)14-13(9)11;1-9-6-7-13-11(8-9)10-4-2-3-5-12(10)14-13;2*1-2/h2-13H,1H3;2*2-8H,1H3;2*1-2H3. The molecule has 0 spiro atoms. The summed E-state index contributed by atoms with van der Waals surface area (Å²) in [6, 6.07) is 54.6. The quantitative estimate of drug-likeness (QED) is 0.173. The molecule has 10 rings (SSSR count). The number of furan rings is 2. The Bertz CT molecular complexity index is 2700. The number of rotatable bonds is 1. The summed E-state index contributed by atoms with van der Waals surface area (Å²) in [5.74, 6) is 0. The van der Waals surface area contributed by atoms with Crippen molar-refractivity contribution < 1.29 is 8.83 Å². The molecule has 0 saturated carbocycles. The van der Waals surface area contributed by atoms with Gasteiger partial charge in [0.05, 0.1) is 11.0 Å². The minimum atomic E-state index is 0.966. The van der Waals surface area contributed by atoms with Gasteiger partial charge in [-0.3, -0.25) is 0 Å². The highest BCUT2D eigenvalue weighted by atomic mass is 16.3. The summed E-state index contributed by atoms with van der Waals surface area (Å²) >= 11 is 0. The summed E-state index contributed by atoms with van der Waals surface area (Å²) in [4.78, 5) is 0. The highest BCUT2D eigenvalue weighted by molar-refractivity contribution is 6.09. The molecule has 3 heteroatoms. The van der Waals surface area contributed by atoms with E-state index in [1.165, 1.54) is 65.7 Å². The Morgan fingerprint density at radius 1 is 0.365 bits per heavy atom. The van der Waals surface area contributed by atoms with Crippen LogP contribution in [0.5, 0.6) is 0 Å². The Labute approximate surface area is 306 Å². The SMILES string of the molecule is CC.CC.Cc1ccc2c(c1)c1ccccc1n2-c1ccccc1.Cc1ccc2oc3ccccc3c2c1.Cc1cccc2c1oc1ccccc12. The van der Waals surface area contributed by atoms with Gasteiger partial charge >= 0.3 is 0 Å². The van der Waals surface area contributed by atoms with Crippen molar-refractivity contribution in [1.29, 1.82) is 0 Å². The van der Waals surface area contributed by atoms with Crippen LogP contribution in [0.15, 0.2) is 167 Å². The summed E-state index contributed by atoms with van der Waals surface area (Å²) < 4.78 is 13.8. The largest absolute Gasteiger partial charge is 0.456 e. The van der Waals surface area contributed by atoms with Crippen LogP contribution in [0.3, 0.4) is 0 Å². The fourth-order valence-electron chi connectivity index (χ4n) is 6.67. The molecule has 260 valence electrons. The highest BCUT2D eigenvalue weighted by Gasteiger charge is 2.11. The number of fused-ring (bicyclic) bond motifs is 9. The first-order valence-corrected chi connectivity index (χ1v) is 18.4. The summed E-state index contributed by atoms with van der Waals surface area (Å²) in [6.45, 7) is 14.3. The summed E-state index contributed by atoms with van der Waals surface area (Å²) in [5, 5.41) is 7.46. The van der Waals surface area contributed by atoms with E-state index in [9.17, 15) is 0 Å². The van der Waals surface area contributed by atoms with Crippen molar-refractivity contribution in [3.05, 3.63) is 174 Å². The first-order valence-electron chi connectivity index (χ1n) is 18.4. The first kappa shape index (κ1) is 35.8. The van der Waals surface area contributed by atoms with Gasteiger partial charge in [0, 0.05) is 38.0 Å². The highest BCUT2D eigenvalue weighted by Crippen LogP contribution is 2.33. The molecule has 52 heavy (non-hydrogen) atoms. The van der Waals surface area contributed by atoms with Gasteiger partial charge in [0.2, 0.25) is 0 Å². The third-order valence-corrected chi connectivity index (χ3v) is 8.98. The van der Waals surface area contributed by atoms with Crippen LogP contribution in [0.25, 0.3) is 71.4 Å². The van der Waals surface area contributed by atoms with Crippen LogP contribution in [-0.2, 0) is 0 Å². The van der Waals surface area contributed by atoms with E-state index in [2.05, 4.69) is 141 Å². The monoisotopic (exact) mass is 681 g/mol. The van der Waals surface area contributed by atoms with Gasteiger partial charge in [-0.05, 0) is 80.9 Å². The molecule has 0 saturated heterocycles. The molecule has 10 aromatic rings. The van der Waals surface area contributed by atoms with E-state index in [4.69, 9.17) is 8.83 Å². The summed E-state index contributed by atoms with van der Waals surface area (Å²) in [7, 11) is 0. The van der Waals surface area contributed by atoms with E-state index in [0.29, 0.717) is 0 Å². The topological polar surface area (TPSA) is 31.2 Å². The number of hydrogen-bond donors (Lipinski definition) is 0. The van der Waals surface area contributed by atoms with Gasteiger partial charge in [0.15, 0.2) is 0 Å². The molecule has 0 radical (unpaired) electrons. The molecule has 0 N–H and O–H groups in total. The maximum Gasteiger partial charge on any atom is 0.138 e. The predicted molar refractivity (Wildman–Crippen MR) is 225 cm³/mol. The van der Waals surface area contributed by atoms with Crippen LogP contribution >= 0.6 is 0 Å². The minimum absolute atomic E-state index is 0.966. The molecule has 0 atom stereocenters. The third kappa shape index (κ3) is 7.08. The molecule has 3 aromatic heterocycles. The van der Waals surface area contributed by atoms with E-state index in [1.54, 1.807) is 0 Å². The lowest BCUT2D eigenvalue weighted by atomic mass is 10.1. The zero-order valence-corrected chi connectivity index (χ0v) is 31.3. The fraction of sp³-hybridized carbons (Fsp3) is 0.143. The van der Waals surface area contributed by atoms with Crippen molar-refractivity contribution in [1.82, 2.24) is 4.57 Å². The van der Waals surface area contributed by atoms with Crippen LogP contribution in [0.4, 0.5) is 0 Å². The molecular formula is C49H47NO2. The van der Waals surface area contributed by atoms with E-state index in [1.807, 2.05) is 70.2 Å². The molecule has 0 aliphatic heterocycles. The van der Waals surface area contributed by atoms with Crippen molar-refractivity contribution in [3.8, 4) is 5.69 Å². The van der Waals surface area contributed by atoms with Crippen molar-refractivity contribution in [2.24, 2.45) is 0 Å². The van der Waals surface area contributed by atoms with Crippen LogP contribution < -0.4 is 0 Å². The van der Waals surface area contributed by atoms with Crippen molar-refractivity contribution >= 4 is 65.7 Å². The lowest BCUT2D eigenvalue weighted by molar-refractivity contribution is 0.666. The van der Waals surface area contributed by atoms with E-state index >= 15 is 0 Å². The van der Waals surface area contributed by atoms with Gasteiger partial charge in [0.25, 0.3) is 0 Å². The van der Waals surface area contributed by atoms with E-state index in [0.717, 1.165) is 22.3 Å². The number of benzene rings is 7. The second kappa shape index (κ2) is 16.3. The van der Waals surface area contributed by atoms with E-state index in [-0.39, 0.29) is 0 Å². The number of aromatic nitrogens is 1. The molecule has 3 heterocycles. The lowest BCUT2D eigenvalue weighted by Gasteiger charge is -2.07. The van der Waals surface area contributed by atoms with Crippen molar-refractivity contribution in [2.45, 2.75) is 48.5 Å². The molecule has 0 bridgehead atoms. The first-order chi connectivity index (χ1) is 25.5. The molecular weight excluding hydrogens is 635 g/mol. The smallest absolute Gasteiger partial charge is 0.138 e. The average molecular weight is 682 g/mol.